The van der Waals surface area contributed by atoms with E-state index in [1.165, 1.54) is 90.3 Å². The van der Waals surface area contributed by atoms with Crippen LogP contribution >= 0.6 is 11.6 Å². The maximum Gasteiger partial charge on any atom is 0.120 e. The van der Waals surface area contributed by atoms with Crippen LogP contribution in [0.15, 0.2) is 66.7 Å². The van der Waals surface area contributed by atoms with Gasteiger partial charge < -0.3 is 0 Å². The average molecular weight is 503 g/mol. The van der Waals surface area contributed by atoms with E-state index in [1.807, 2.05) is 0 Å². The van der Waals surface area contributed by atoms with E-state index >= 15 is 0 Å². The molecular formula is C35H47Cl. The Morgan fingerprint density at radius 3 is 1.36 bits per heavy atom. The zero-order chi connectivity index (χ0) is 25.8. The van der Waals surface area contributed by atoms with Gasteiger partial charge in [0.1, 0.15) is 4.87 Å². The Balaban J connectivity index is 2.23. The summed E-state index contributed by atoms with van der Waals surface area (Å²) in [5, 5.41) is 0. The molecule has 0 saturated heterocycles. The minimum absolute atomic E-state index is 0.694. The van der Waals surface area contributed by atoms with Gasteiger partial charge in [0.15, 0.2) is 0 Å². The summed E-state index contributed by atoms with van der Waals surface area (Å²) < 4.78 is 0. The van der Waals surface area contributed by atoms with Crippen molar-refractivity contribution in [2.45, 2.75) is 110 Å². The fourth-order valence-corrected chi connectivity index (χ4v) is 5.81. The Bertz CT molecular complexity index is 986. The lowest BCUT2D eigenvalue weighted by atomic mass is 9.77. The second kappa shape index (κ2) is 14.6. The van der Waals surface area contributed by atoms with Gasteiger partial charge in [0.25, 0.3) is 0 Å². The smallest absolute Gasteiger partial charge is 0.104 e. The first-order valence-corrected chi connectivity index (χ1v) is 14.9. The van der Waals surface area contributed by atoms with Gasteiger partial charge in [-0.25, -0.2) is 0 Å². The lowest BCUT2D eigenvalue weighted by Gasteiger charge is -2.34. The molecule has 0 unspecified atom stereocenters. The van der Waals surface area contributed by atoms with Crippen molar-refractivity contribution in [3.8, 4) is 0 Å². The van der Waals surface area contributed by atoms with Crippen molar-refractivity contribution in [3.63, 3.8) is 0 Å². The lowest BCUT2D eigenvalue weighted by molar-refractivity contribution is 0.742. The van der Waals surface area contributed by atoms with Gasteiger partial charge in [0.2, 0.25) is 0 Å². The van der Waals surface area contributed by atoms with Crippen LogP contribution in [0.25, 0.3) is 0 Å². The molecule has 0 heterocycles. The molecule has 0 radical (unpaired) electrons. The molecule has 0 spiro atoms. The summed E-state index contributed by atoms with van der Waals surface area (Å²) in [4.78, 5) is -0.694. The number of unbranched alkanes of at least 4 members (excludes halogenated alkanes) is 4. The summed E-state index contributed by atoms with van der Waals surface area (Å²) in [5.74, 6) is 0. The Kier molecular flexibility index (Phi) is 11.6. The second-order valence-corrected chi connectivity index (χ2v) is 11.0. The van der Waals surface area contributed by atoms with Crippen LogP contribution < -0.4 is 0 Å². The summed E-state index contributed by atoms with van der Waals surface area (Å²) in [6.45, 7) is 9.11. The first kappa shape index (κ1) is 28.5. The zero-order valence-corrected chi connectivity index (χ0v) is 24.0. The van der Waals surface area contributed by atoms with Crippen LogP contribution in [-0.4, -0.2) is 0 Å². The number of alkyl halides is 1. The Morgan fingerprint density at radius 2 is 0.944 bits per heavy atom. The molecule has 3 rings (SSSR count). The van der Waals surface area contributed by atoms with E-state index in [0.717, 1.165) is 25.7 Å². The topological polar surface area (TPSA) is 0 Å². The first-order chi connectivity index (χ1) is 17.6. The van der Waals surface area contributed by atoms with Crippen molar-refractivity contribution < 1.29 is 0 Å². The molecule has 3 aromatic rings. The molecule has 0 atom stereocenters. The van der Waals surface area contributed by atoms with Crippen molar-refractivity contribution in [3.05, 3.63) is 106 Å². The molecule has 36 heavy (non-hydrogen) atoms. The van der Waals surface area contributed by atoms with Crippen molar-refractivity contribution >= 4 is 11.6 Å². The molecule has 0 aliphatic heterocycles. The van der Waals surface area contributed by atoms with Crippen LogP contribution in [0.5, 0.6) is 0 Å². The predicted molar refractivity (Wildman–Crippen MR) is 160 cm³/mol. The number of benzene rings is 3. The molecule has 0 N–H and O–H groups in total. The van der Waals surface area contributed by atoms with Gasteiger partial charge in [0.05, 0.1) is 0 Å². The molecule has 0 aromatic heterocycles. The van der Waals surface area contributed by atoms with Gasteiger partial charge in [-0.3, -0.25) is 0 Å². The molecule has 0 amide bonds. The second-order valence-electron chi connectivity index (χ2n) is 10.4. The van der Waals surface area contributed by atoms with Crippen LogP contribution in [-0.2, 0) is 30.6 Å². The van der Waals surface area contributed by atoms with Crippen LogP contribution in [0.2, 0.25) is 0 Å². The van der Waals surface area contributed by atoms with E-state index in [-0.39, 0.29) is 0 Å². The van der Waals surface area contributed by atoms with Gasteiger partial charge >= 0.3 is 0 Å². The minimum atomic E-state index is -0.694. The summed E-state index contributed by atoms with van der Waals surface area (Å²) >= 11 is 8.00. The fourth-order valence-electron chi connectivity index (χ4n) is 5.31. The summed E-state index contributed by atoms with van der Waals surface area (Å²) in [7, 11) is 0. The average Bonchev–Trinajstić information content (AvgIpc) is 2.92. The molecule has 1 heteroatoms. The van der Waals surface area contributed by atoms with Crippen molar-refractivity contribution in [1.82, 2.24) is 0 Å². The Hall–Kier alpha value is -2.05. The van der Waals surface area contributed by atoms with Crippen LogP contribution in [0.3, 0.4) is 0 Å². The fraction of sp³-hybridized carbons (Fsp3) is 0.486. The van der Waals surface area contributed by atoms with Crippen LogP contribution in [0, 0.1) is 0 Å². The maximum atomic E-state index is 8.00. The van der Waals surface area contributed by atoms with E-state index in [1.54, 1.807) is 0 Å². The normalized spacial score (nSPS) is 11.7. The van der Waals surface area contributed by atoms with E-state index in [4.69, 9.17) is 11.6 Å². The minimum Gasteiger partial charge on any atom is -0.104 e. The number of halogens is 1. The first-order valence-electron chi connectivity index (χ1n) is 14.6. The number of hydrogen-bond donors (Lipinski definition) is 0. The number of rotatable bonds is 15. The van der Waals surface area contributed by atoms with E-state index < -0.39 is 4.87 Å². The molecule has 194 valence electrons. The highest BCUT2D eigenvalue weighted by molar-refractivity contribution is 6.28. The number of hydrogen-bond acceptors (Lipinski definition) is 0. The van der Waals surface area contributed by atoms with E-state index in [9.17, 15) is 0 Å². The van der Waals surface area contributed by atoms with E-state index in [2.05, 4.69) is 94.4 Å². The van der Waals surface area contributed by atoms with Gasteiger partial charge in [-0.15, -0.1) is 11.6 Å². The third-order valence-electron chi connectivity index (χ3n) is 7.49. The predicted octanol–water partition coefficient (Wildman–Crippen LogP) is 10.6. The molecule has 0 saturated carbocycles. The highest BCUT2D eigenvalue weighted by atomic mass is 35.5. The summed E-state index contributed by atoms with van der Waals surface area (Å²) in [5.41, 5.74) is 9.43. The Labute approximate surface area is 226 Å². The van der Waals surface area contributed by atoms with Crippen molar-refractivity contribution in [1.29, 1.82) is 0 Å². The summed E-state index contributed by atoms with van der Waals surface area (Å²) in [6.07, 6.45) is 14.1. The molecule has 0 nitrogen and oxygen atoms in total. The molecule has 0 fully saturated rings. The SMILES string of the molecule is CCCCc1ccc(C(Cl)(c2ccccc2)c2ccc(CCCC)cc2CCCC)c(CCCC)c1. The molecule has 3 aromatic carbocycles. The quantitative estimate of drug-likeness (QED) is 0.143. The maximum absolute atomic E-state index is 8.00. The molecule has 0 aliphatic carbocycles. The lowest BCUT2D eigenvalue weighted by Crippen LogP contribution is -2.26. The Morgan fingerprint density at radius 1 is 0.528 bits per heavy atom. The summed E-state index contributed by atoms with van der Waals surface area (Å²) in [6, 6.07) is 25.1. The van der Waals surface area contributed by atoms with Gasteiger partial charge in [-0.1, -0.05) is 120 Å². The standard InChI is InChI=1S/C35H47Cl/c1-5-9-16-28-22-24-33(30(26-28)18-11-7-3)35(36,32-20-14-13-15-21-32)34-25-23-29(17-10-6-2)27-31(34)19-12-8-4/h13-15,20-27H,5-12,16-19H2,1-4H3. The van der Waals surface area contributed by atoms with Gasteiger partial charge in [-0.05, 0) is 90.3 Å². The monoisotopic (exact) mass is 502 g/mol. The molecular weight excluding hydrogens is 456 g/mol. The largest absolute Gasteiger partial charge is 0.120 e. The molecule has 0 bridgehead atoms. The highest BCUT2D eigenvalue weighted by Crippen LogP contribution is 2.47. The zero-order valence-electron chi connectivity index (χ0n) is 23.2. The molecule has 0 aliphatic rings. The van der Waals surface area contributed by atoms with Crippen molar-refractivity contribution in [2.24, 2.45) is 0 Å². The van der Waals surface area contributed by atoms with Crippen LogP contribution in [0.4, 0.5) is 0 Å². The van der Waals surface area contributed by atoms with Crippen molar-refractivity contribution in [2.75, 3.05) is 0 Å². The third kappa shape index (κ3) is 7.04. The van der Waals surface area contributed by atoms with E-state index in [0.29, 0.717) is 0 Å². The number of aryl methyl sites for hydroxylation is 4. The van der Waals surface area contributed by atoms with Gasteiger partial charge in [0, 0.05) is 0 Å². The van der Waals surface area contributed by atoms with Gasteiger partial charge in [-0.2, -0.15) is 0 Å². The highest BCUT2D eigenvalue weighted by Gasteiger charge is 2.37. The van der Waals surface area contributed by atoms with Crippen LogP contribution in [0.1, 0.15) is 118 Å². The third-order valence-corrected chi connectivity index (χ3v) is 8.12.